The van der Waals surface area contributed by atoms with Crippen LogP contribution in [0.1, 0.15) is 13.3 Å². The summed E-state index contributed by atoms with van der Waals surface area (Å²) >= 11 is 0. The highest BCUT2D eigenvalue weighted by molar-refractivity contribution is 7.89. The van der Waals surface area contributed by atoms with Gasteiger partial charge >= 0.3 is 0 Å². The van der Waals surface area contributed by atoms with Gasteiger partial charge in [-0.05, 0) is 19.5 Å². The van der Waals surface area contributed by atoms with E-state index < -0.39 is 10.0 Å². The lowest BCUT2D eigenvalue weighted by Gasteiger charge is -2.08. The molecule has 0 fully saturated rings. The van der Waals surface area contributed by atoms with Gasteiger partial charge in [0.15, 0.2) is 0 Å². The van der Waals surface area contributed by atoms with Crippen LogP contribution >= 0.6 is 0 Å². The number of hydrogen-bond acceptors (Lipinski definition) is 4. The van der Waals surface area contributed by atoms with Crippen molar-refractivity contribution in [2.24, 2.45) is 0 Å². The van der Waals surface area contributed by atoms with Crippen molar-refractivity contribution in [1.29, 1.82) is 0 Å². The Labute approximate surface area is 101 Å². The summed E-state index contributed by atoms with van der Waals surface area (Å²) in [4.78, 5) is 7.22. The monoisotopic (exact) mass is 254 g/mol. The first-order valence-corrected chi connectivity index (χ1v) is 6.58. The highest BCUT2D eigenvalue weighted by Crippen LogP contribution is 2.25. The minimum Gasteiger partial charge on any atom is -0.379 e. The molecule has 7 heteroatoms. The Kier molecular flexibility index (Phi) is 4.43. The lowest BCUT2D eigenvalue weighted by molar-refractivity contribution is 0.588. The second-order valence-electron chi connectivity index (χ2n) is 3.28. The number of aromatic nitrogens is 1. The molecule has 0 unspecified atom stereocenters. The van der Waals surface area contributed by atoms with Crippen molar-refractivity contribution in [2.75, 3.05) is 18.9 Å². The van der Waals surface area contributed by atoms with Crippen molar-refractivity contribution in [1.82, 2.24) is 9.71 Å². The molecule has 6 nitrogen and oxygen atoms in total. The van der Waals surface area contributed by atoms with Gasteiger partial charge < -0.3 is 5.32 Å². The summed E-state index contributed by atoms with van der Waals surface area (Å²) in [6.45, 7) is 9.69. The maximum absolute atomic E-state index is 11.5. The van der Waals surface area contributed by atoms with Gasteiger partial charge in [-0.2, -0.15) is 0 Å². The van der Waals surface area contributed by atoms with Gasteiger partial charge in [-0.25, -0.2) is 23.0 Å². The largest absolute Gasteiger partial charge is 0.379 e. The van der Waals surface area contributed by atoms with Crippen LogP contribution < -0.4 is 10.0 Å². The van der Waals surface area contributed by atoms with Crippen molar-refractivity contribution in [3.63, 3.8) is 0 Å². The molecule has 0 aliphatic rings. The number of nitrogens with one attached hydrogen (secondary N) is 2. The molecule has 1 aromatic heterocycles. The molecule has 0 aromatic carbocycles. The quantitative estimate of drug-likeness (QED) is 0.778. The van der Waals surface area contributed by atoms with Crippen LogP contribution in [-0.4, -0.2) is 27.0 Å². The van der Waals surface area contributed by atoms with E-state index in [-0.39, 0.29) is 10.6 Å². The highest BCUT2D eigenvalue weighted by atomic mass is 32.2. The van der Waals surface area contributed by atoms with Gasteiger partial charge in [0.2, 0.25) is 15.7 Å². The van der Waals surface area contributed by atoms with Crippen molar-refractivity contribution >= 4 is 21.5 Å². The van der Waals surface area contributed by atoms with Crippen LogP contribution in [-0.2, 0) is 10.0 Å². The van der Waals surface area contributed by atoms with Gasteiger partial charge in [0.25, 0.3) is 0 Å². The fourth-order valence-electron chi connectivity index (χ4n) is 1.16. The molecule has 1 heterocycles. The maximum Gasteiger partial charge on any atom is 0.240 e. The van der Waals surface area contributed by atoms with Gasteiger partial charge in [-0.15, -0.1) is 0 Å². The molecule has 17 heavy (non-hydrogen) atoms. The summed E-state index contributed by atoms with van der Waals surface area (Å²) in [5.74, 6) is 0.414. The van der Waals surface area contributed by atoms with Crippen molar-refractivity contribution in [2.45, 2.75) is 18.2 Å². The number of sulfonamides is 1. The second kappa shape index (κ2) is 5.61. The lowest BCUT2D eigenvalue weighted by Crippen LogP contribution is -2.18. The van der Waals surface area contributed by atoms with E-state index >= 15 is 0 Å². The number of pyridine rings is 1. The first-order valence-electron chi connectivity index (χ1n) is 5.10. The predicted octanol–water partition coefficient (Wildman–Crippen LogP) is 1.36. The van der Waals surface area contributed by atoms with E-state index in [2.05, 4.69) is 19.9 Å². The summed E-state index contributed by atoms with van der Waals surface area (Å²) in [6, 6.07) is 1.31. The first-order chi connectivity index (χ1) is 8.05. The van der Waals surface area contributed by atoms with E-state index in [1.165, 1.54) is 19.3 Å². The van der Waals surface area contributed by atoms with Gasteiger partial charge in [-0.1, -0.05) is 6.92 Å². The van der Waals surface area contributed by atoms with E-state index in [4.69, 9.17) is 6.57 Å². The summed E-state index contributed by atoms with van der Waals surface area (Å²) < 4.78 is 25.2. The number of anilines is 1. The molecule has 2 N–H and O–H groups in total. The van der Waals surface area contributed by atoms with E-state index in [9.17, 15) is 8.42 Å². The number of hydrogen-bond donors (Lipinski definition) is 2. The third-order valence-electron chi connectivity index (χ3n) is 2.08. The smallest absolute Gasteiger partial charge is 0.240 e. The van der Waals surface area contributed by atoms with E-state index in [1.807, 2.05) is 6.92 Å². The summed E-state index contributed by atoms with van der Waals surface area (Å²) in [7, 11) is -2.24. The molecule has 1 aromatic rings. The topological polar surface area (TPSA) is 75.5 Å². The fraction of sp³-hybridized carbons (Fsp3) is 0.400. The molecule has 92 valence electrons. The Balaban J connectivity index is 3.14. The van der Waals surface area contributed by atoms with Crippen LogP contribution in [0.4, 0.5) is 11.5 Å². The van der Waals surface area contributed by atoms with Crippen molar-refractivity contribution in [3.05, 3.63) is 23.7 Å². The van der Waals surface area contributed by atoms with Crippen LogP contribution in [0.2, 0.25) is 0 Å². The number of nitrogens with zero attached hydrogens (tertiary/aromatic N) is 2. The SMILES string of the molecule is [C-]#[N+]c1cc(S(=O)(=O)NC)cnc1NCCC. The Morgan fingerprint density at radius 3 is 2.76 bits per heavy atom. The van der Waals surface area contributed by atoms with Gasteiger partial charge in [0.1, 0.15) is 5.82 Å². The summed E-state index contributed by atoms with van der Waals surface area (Å²) in [5.41, 5.74) is 0.203. The molecule has 0 amide bonds. The minimum atomic E-state index is -3.55. The Bertz CT molecular complexity index is 534. The predicted molar refractivity (Wildman–Crippen MR) is 65.5 cm³/mol. The standard InChI is InChI=1S/C10H14N4O2S/c1-4-5-13-10-9(11-2)6-8(7-14-10)17(15,16)12-3/h6-7,12H,4-5H2,1,3H3,(H,13,14). The molecule has 0 radical (unpaired) electrons. The fourth-order valence-corrected chi connectivity index (χ4v) is 1.86. The third-order valence-corrected chi connectivity index (χ3v) is 3.47. The molecule has 0 atom stereocenters. The first kappa shape index (κ1) is 13.4. The van der Waals surface area contributed by atoms with E-state index in [0.29, 0.717) is 12.4 Å². The van der Waals surface area contributed by atoms with E-state index in [0.717, 1.165) is 6.42 Å². The average molecular weight is 254 g/mol. The zero-order chi connectivity index (χ0) is 12.9. The molecule has 1 rings (SSSR count). The zero-order valence-corrected chi connectivity index (χ0v) is 10.5. The molecular weight excluding hydrogens is 240 g/mol. The molecule has 0 saturated heterocycles. The van der Waals surface area contributed by atoms with Gasteiger partial charge in [-0.3, -0.25) is 0 Å². The summed E-state index contributed by atoms with van der Waals surface area (Å²) in [6.07, 6.45) is 2.13. The zero-order valence-electron chi connectivity index (χ0n) is 9.69. The van der Waals surface area contributed by atoms with Crippen LogP contribution in [0.3, 0.4) is 0 Å². The van der Waals surface area contributed by atoms with E-state index in [1.54, 1.807) is 0 Å². The molecule has 0 aliphatic carbocycles. The maximum atomic E-state index is 11.5. The Morgan fingerprint density at radius 2 is 2.24 bits per heavy atom. The molecular formula is C10H14N4O2S. The molecule has 0 aliphatic heterocycles. The van der Waals surface area contributed by atoms with Crippen LogP contribution in [0.5, 0.6) is 0 Å². The van der Waals surface area contributed by atoms with Crippen LogP contribution in [0.25, 0.3) is 4.85 Å². The third kappa shape index (κ3) is 3.15. The second-order valence-corrected chi connectivity index (χ2v) is 5.17. The minimum absolute atomic E-state index is 0.00644. The highest BCUT2D eigenvalue weighted by Gasteiger charge is 2.14. The molecule has 0 saturated carbocycles. The lowest BCUT2D eigenvalue weighted by atomic mass is 10.4. The summed E-state index contributed by atoms with van der Waals surface area (Å²) in [5, 5.41) is 2.97. The normalized spacial score (nSPS) is 10.9. The molecule has 0 spiro atoms. The average Bonchev–Trinajstić information content (AvgIpc) is 2.35. The van der Waals surface area contributed by atoms with Crippen LogP contribution in [0.15, 0.2) is 17.2 Å². The van der Waals surface area contributed by atoms with Gasteiger partial charge in [0, 0.05) is 12.7 Å². The Hall–Kier alpha value is -1.65. The van der Waals surface area contributed by atoms with Gasteiger partial charge in [0.05, 0.1) is 11.5 Å². The van der Waals surface area contributed by atoms with Crippen molar-refractivity contribution < 1.29 is 8.42 Å². The van der Waals surface area contributed by atoms with Crippen molar-refractivity contribution in [3.8, 4) is 0 Å². The van der Waals surface area contributed by atoms with Crippen LogP contribution in [0, 0.1) is 6.57 Å². The number of rotatable bonds is 5. The molecule has 0 bridgehead atoms. The Morgan fingerprint density at radius 1 is 1.53 bits per heavy atom.